The maximum atomic E-state index is 12.2. The van der Waals surface area contributed by atoms with Crippen molar-refractivity contribution in [3.05, 3.63) is 41.0 Å². The van der Waals surface area contributed by atoms with Crippen molar-refractivity contribution >= 4 is 27.3 Å². The average molecular weight is 358 g/mol. The number of nitrogens with zero attached hydrogens (tertiary/aromatic N) is 5. The van der Waals surface area contributed by atoms with Crippen LogP contribution in [0.15, 0.2) is 29.6 Å². The fourth-order valence-corrected chi connectivity index (χ4v) is 3.15. The van der Waals surface area contributed by atoms with E-state index in [4.69, 9.17) is 0 Å². The second-order valence-electron chi connectivity index (χ2n) is 6.33. The summed E-state index contributed by atoms with van der Waals surface area (Å²) in [6.45, 7) is 5.42. The van der Waals surface area contributed by atoms with Gasteiger partial charge >= 0.3 is 0 Å². The first-order valence-corrected chi connectivity index (χ1v) is 9.09. The second kappa shape index (κ2) is 7.71. The van der Waals surface area contributed by atoms with E-state index in [-0.39, 0.29) is 12.5 Å². The third-order valence-corrected chi connectivity index (χ3v) is 5.08. The van der Waals surface area contributed by atoms with Gasteiger partial charge in [0.15, 0.2) is 5.82 Å². The summed E-state index contributed by atoms with van der Waals surface area (Å²) in [6.07, 6.45) is 0. The van der Waals surface area contributed by atoms with Crippen molar-refractivity contribution in [1.82, 2.24) is 30.4 Å². The first-order valence-electron chi connectivity index (χ1n) is 8.21. The molecule has 1 amide bonds. The number of thiophene rings is 1. The Morgan fingerprint density at radius 2 is 2.20 bits per heavy atom. The summed E-state index contributed by atoms with van der Waals surface area (Å²) in [5.74, 6) is 0.581. The molecule has 25 heavy (non-hydrogen) atoms. The molecule has 7 nitrogen and oxygen atoms in total. The summed E-state index contributed by atoms with van der Waals surface area (Å²) in [5.41, 5.74) is 1.08. The van der Waals surface area contributed by atoms with Gasteiger partial charge in [0, 0.05) is 17.3 Å². The lowest BCUT2D eigenvalue weighted by atomic mass is 10.2. The maximum absolute atomic E-state index is 12.2. The molecule has 0 saturated carbocycles. The summed E-state index contributed by atoms with van der Waals surface area (Å²) in [7, 11) is 2.00. The lowest BCUT2D eigenvalue weighted by Crippen LogP contribution is -2.31. The highest BCUT2D eigenvalue weighted by atomic mass is 32.1. The van der Waals surface area contributed by atoms with Gasteiger partial charge in [-0.25, -0.2) is 4.68 Å². The zero-order chi connectivity index (χ0) is 17.8. The second-order valence-corrected chi connectivity index (χ2v) is 7.28. The molecule has 0 radical (unpaired) electrons. The van der Waals surface area contributed by atoms with Crippen LogP contribution in [-0.4, -0.2) is 44.1 Å². The molecule has 0 unspecified atom stereocenters. The SMILES string of the molecule is CC(C)N(C)Cc1nnnn1CC(=O)NCc1ccc2sccc2c1. The molecule has 3 aromatic rings. The highest BCUT2D eigenvalue weighted by molar-refractivity contribution is 7.17. The molecule has 132 valence electrons. The smallest absolute Gasteiger partial charge is 0.242 e. The van der Waals surface area contributed by atoms with E-state index < -0.39 is 0 Å². The Bertz CT molecular complexity index is 856. The van der Waals surface area contributed by atoms with Crippen LogP contribution in [-0.2, 0) is 24.4 Å². The first-order chi connectivity index (χ1) is 12.0. The van der Waals surface area contributed by atoms with Crippen molar-refractivity contribution in [1.29, 1.82) is 0 Å². The quantitative estimate of drug-likeness (QED) is 0.699. The molecule has 3 rings (SSSR count). The van der Waals surface area contributed by atoms with Gasteiger partial charge in [0.1, 0.15) is 6.54 Å². The lowest BCUT2D eigenvalue weighted by molar-refractivity contribution is -0.122. The van der Waals surface area contributed by atoms with Gasteiger partial charge in [0.25, 0.3) is 0 Å². The Hall–Kier alpha value is -2.32. The van der Waals surface area contributed by atoms with Gasteiger partial charge in [-0.1, -0.05) is 6.07 Å². The minimum atomic E-state index is -0.105. The predicted molar refractivity (Wildman–Crippen MR) is 98.1 cm³/mol. The Labute approximate surface area is 150 Å². The minimum Gasteiger partial charge on any atom is -0.350 e. The van der Waals surface area contributed by atoms with E-state index in [0.717, 1.165) is 5.56 Å². The molecule has 0 spiro atoms. The van der Waals surface area contributed by atoms with Crippen molar-refractivity contribution in [3.8, 4) is 0 Å². The van der Waals surface area contributed by atoms with Crippen LogP contribution in [0.1, 0.15) is 25.2 Å². The van der Waals surface area contributed by atoms with Gasteiger partial charge < -0.3 is 5.32 Å². The van der Waals surface area contributed by atoms with Crippen LogP contribution < -0.4 is 5.32 Å². The molecule has 8 heteroatoms. The normalized spacial score (nSPS) is 11.6. The van der Waals surface area contributed by atoms with Crippen molar-refractivity contribution in [2.75, 3.05) is 7.05 Å². The van der Waals surface area contributed by atoms with Crippen molar-refractivity contribution in [2.45, 2.75) is 39.5 Å². The van der Waals surface area contributed by atoms with Gasteiger partial charge in [-0.05, 0) is 65.9 Å². The van der Waals surface area contributed by atoms with Crippen LogP contribution in [0, 0.1) is 0 Å². The van der Waals surface area contributed by atoms with Crippen molar-refractivity contribution < 1.29 is 4.79 Å². The molecular weight excluding hydrogens is 336 g/mol. The van der Waals surface area contributed by atoms with Crippen LogP contribution in [0.5, 0.6) is 0 Å². The third-order valence-electron chi connectivity index (χ3n) is 4.18. The average Bonchev–Trinajstić information content (AvgIpc) is 3.21. The highest BCUT2D eigenvalue weighted by Crippen LogP contribution is 2.21. The summed E-state index contributed by atoms with van der Waals surface area (Å²) < 4.78 is 2.80. The number of tetrazole rings is 1. The fraction of sp³-hybridized carbons (Fsp3) is 0.412. The van der Waals surface area contributed by atoms with E-state index in [1.54, 1.807) is 16.0 Å². The summed E-state index contributed by atoms with van der Waals surface area (Å²) in [4.78, 5) is 14.4. The van der Waals surface area contributed by atoms with Crippen molar-refractivity contribution in [2.24, 2.45) is 0 Å². The third kappa shape index (κ3) is 4.40. The molecule has 0 bridgehead atoms. The number of hydrogen-bond acceptors (Lipinski definition) is 6. The summed E-state index contributed by atoms with van der Waals surface area (Å²) in [5, 5.41) is 17.8. The molecule has 0 fully saturated rings. The molecule has 0 aliphatic carbocycles. The van der Waals surface area contributed by atoms with Gasteiger partial charge in [0.05, 0.1) is 6.54 Å². The molecule has 0 atom stereocenters. The van der Waals surface area contributed by atoms with E-state index in [2.05, 4.69) is 63.2 Å². The number of fused-ring (bicyclic) bond motifs is 1. The predicted octanol–water partition coefficient (Wildman–Crippen LogP) is 2.04. The molecule has 0 saturated heterocycles. The zero-order valence-electron chi connectivity index (χ0n) is 14.6. The zero-order valence-corrected chi connectivity index (χ0v) is 15.5. The van der Waals surface area contributed by atoms with E-state index in [0.29, 0.717) is 25.0 Å². The summed E-state index contributed by atoms with van der Waals surface area (Å²) in [6, 6.07) is 8.70. The van der Waals surface area contributed by atoms with Gasteiger partial charge in [-0.2, -0.15) is 0 Å². The van der Waals surface area contributed by atoms with Crippen LogP contribution in [0.25, 0.3) is 10.1 Å². The molecule has 1 aromatic carbocycles. The maximum Gasteiger partial charge on any atom is 0.242 e. The van der Waals surface area contributed by atoms with Crippen LogP contribution >= 0.6 is 11.3 Å². The summed E-state index contributed by atoms with van der Waals surface area (Å²) >= 11 is 1.71. The minimum absolute atomic E-state index is 0.105. The Morgan fingerprint density at radius 1 is 1.36 bits per heavy atom. The lowest BCUT2D eigenvalue weighted by Gasteiger charge is -2.19. The molecule has 0 aliphatic heterocycles. The number of nitrogens with one attached hydrogen (secondary N) is 1. The van der Waals surface area contributed by atoms with Crippen molar-refractivity contribution in [3.63, 3.8) is 0 Å². The number of amides is 1. The van der Waals surface area contributed by atoms with E-state index in [1.165, 1.54) is 10.1 Å². The number of rotatable bonds is 7. The first kappa shape index (κ1) is 17.5. The van der Waals surface area contributed by atoms with E-state index in [1.807, 2.05) is 13.1 Å². The topological polar surface area (TPSA) is 75.9 Å². The van der Waals surface area contributed by atoms with E-state index in [9.17, 15) is 4.79 Å². The molecule has 0 aliphatic rings. The van der Waals surface area contributed by atoms with Crippen LogP contribution in [0.2, 0.25) is 0 Å². The molecular formula is C17H22N6OS. The van der Waals surface area contributed by atoms with Gasteiger partial charge in [0.2, 0.25) is 5.91 Å². The standard InChI is InChI=1S/C17H22N6OS/c1-12(2)22(3)10-16-19-20-21-23(16)11-17(24)18-9-13-4-5-15-14(8-13)6-7-25-15/h4-8,12H,9-11H2,1-3H3,(H,18,24). The number of benzene rings is 1. The fourth-order valence-electron chi connectivity index (χ4n) is 2.38. The van der Waals surface area contributed by atoms with Crippen LogP contribution in [0.3, 0.4) is 0 Å². The Kier molecular flexibility index (Phi) is 5.40. The monoisotopic (exact) mass is 358 g/mol. The Balaban J connectivity index is 1.56. The molecule has 2 aromatic heterocycles. The van der Waals surface area contributed by atoms with E-state index >= 15 is 0 Å². The number of aromatic nitrogens is 4. The molecule has 2 heterocycles. The number of carbonyl (C=O) groups excluding carboxylic acids is 1. The largest absolute Gasteiger partial charge is 0.350 e. The van der Waals surface area contributed by atoms with Gasteiger partial charge in [-0.15, -0.1) is 16.4 Å². The number of hydrogen-bond donors (Lipinski definition) is 1. The van der Waals surface area contributed by atoms with Crippen LogP contribution in [0.4, 0.5) is 0 Å². The highest BCUT2D eigenvalue weighted by Gasteiger charge is 2.13. The Morgan fingerprint density at radius 3 is 3.00 bits per heavy atom. The number of carbonyl (C=O) groups is 1. The molecule has 1 N–H and O–H groups in total. The van der Waals surface area contributed by atoms with Gasteiger partial charge in [-0.3, -0.25) is 9.69 Å².